The summed E-state index contributed by atoms with van der Waals surface area (Å²) in [6.45, 7) is 0. The van der Waals surface area contributed by atoms with E-state index in [-0.39, 0.29) is 4.90 Å². The molecule has 100 valence electrons. The summed E-state index contributed by atoms with van der Waals surface area (Å²) in [5.74, 6) is 0. The lowest BCUT2D eigenvalue weighted by molar-refractivity contribution is 0.247. The monoisotopic (exact) mass is 299 g/mol. The summed E-state index contributed by atoms with van der Waals surface area (Å²) in [4.78, 5) is 12.3. The van der Waals surface area contributed by atoms with Crippen LogP contribution in [0.5, 0.6) is 0 Å². The van der Waals surface area contributed by atoms with Crippen LogP contribution in [0.15, 0.2) is 34.5 Å². The molecule has 0 aliphatic carbocycles. The maximum atomic E-state index is 11.7. The number of nitrogens with two attached hydrogens (primary N) is 1. The predicted molar refractivity (Wildman–Crippen MR) is 68.4 cm³/mol. The van der Waals surface area contributed by atoms with Gasteiger partial charge in [0, 0.05) is 10.9 Å². The van der Waals surface area contributed by atoms with Crippen LogP contribution >= 0.6 is 11.5 Å². The molecule has 1 heterocycles. The molecule has 0 aliphatic heterocycles. The highest BCUT2D eigenvalue weighted by Gasteiger charge is 2.14. The lowest BCUT2D eigenvalue weighted by Crippen LogP contribution is -2.44. The number of carbonyl (C=O) groups is 1. The third kappa shape index (κ3) is 3.24. The highest BCUT2D eigenvalue weighted by atomic mass is 32.2. The minimum absolute atomic E-state index is 0.00631. The van der Waals surface area contributed by atoms with E-state index >= 15 is 0 Å². The van der Waals surface area contributed by atoms with Gasteiger partial charge in [-0.25, -0.2) is 13.2 Å². The highest BCUT2D eigenvalue weighted by molar-refractivity contribution is 7.89. The van der Waals surface area contributed by atoms with Crippen LogP contribution in [-0.4, -0.2) is 24.0 Å². The van der Waals surface area contributed by atoms with Crippen LogP contribution in [0, 0.1) is 0 Å². The van der Waals surface area contributed by atoms with Crippen LogP contribution in [0.2, 0.25) is 0 Å². The second-order valence-corrected chi connectivity index (χ2v) is 5.70. The summed E-state index contributed by atoms with van der Waals surface area (Å²) in [6, 6.07) is 4.97. The summed E-state index contributed by atoms with van der Waals surface area (Å²) in [6.07, 6.45) is 0. The number of sulfonamides is 1. The van der Waals surface area contributed by atoms with Gasteiger partial charge in [0.05, 0.1) is 4.90 Å². The Morgan fingerprint density at radius 2 is 1.95 bits per heavy atom. The van der Waals surface area contributed by atoms with Crippen molar-refractivity contribution in [3.8, 4) is 11.3 Å². The van der Waals surface area contributed by atoms with Gasteiger partial charge in [-0.15, -0.1) is 9.93 Å². The second kappa shape index (κ2) is 5.30. The van der Waals surface area contributed by atoms with Crippen LogP contribution in [-0.2, 0) is 10.0 Å². The molecule has 19 heavy (non-hydrogen) atoms. The quantitative estimate of drug-likeness (QED) is 0.688. The SMILES string of the molecule is NC(=O)NNS(=O)(=O)c1ccc(-c2csnn2)cc1. The number of hydrazine groups is 1. The van der Waals surface area contributed by atoms with Crippen LogP contribution < -0.4 is 16.0 Å². The summed E-state index contributed by atoms with van der Waals surface area (Å²) >= 11 is 1.20. The van der Waals surface area contributed by atoms with Crippen LogP contribution in [0.3, 0.4) is 0 Å². The van der Waals surface area contributed by atoms with Crippen molar-refractivity contribution in [2.75, 3.05) is 0 Å². The van der Waals surface area contributed by atoms with E-state index in [1.807, 2.05) is 4.83 Å². The van der Waals surface area contributed by atoms with Crippen LogP contribution in [0.4, 0.5) is 4.79 Å². The molecular formula is C9H9N5O3S2. The lowest BCUT2D eigenvalue weighted by Gasteiger charge is -2.06. The Morgan fingerprint density at radius 3 is 2.47 bits per heavy atom. The first kappa shape index (κ1) is 13.4. The van der Waals surface area contributed by atoms with E-state index in [0.717, 1.165) is 5.56 Å². The Bertz CT molecular complexity index is 666. The van der Waals surface area contributed by atoms with E-state index in [4.69, 9.17) is 5.73 Å². The van der Waals surface area contributed by atoms with Gasteiger partial charge in [-0.1, -0.05) is 16.6 Å². The predicted octanol–water partition coefficient (Wildman–Crippen LogP) is 0.0667. The Balaban J connectivity index is 2.20. The first-order chi connectivity index (χ1) is 8.99. The molecule has 10 heteroatoms. The fraction of sp³-hybridized carbons (Fsp3) is 0. The fourth-order valence-corrected chi connectivity index (χ4v) is 2.58. The molecule has 0 aliphatic rings. The minimum Gasteiger partial charge on any atom is -0.351 e. The number of hydrogen-bond donors (Lipinski definition) is 3. The number of carbonyl (C=O) groups excluding carboxylic acids is 1. The largest absolute Gasteiger partial charge is 0.351 e. The maximum absolute atomic E-state index is 11.7. The first-order valence-corrected chi connectivity index (χ1v) is 7.26. The van der Waals surface area contributed by atoms with E-state index in [0.29, 0.717) is 5.69 Å². The molecule has 2 amide bonds. The van der Waals surface area contributed by atoms with Crippen molar-refractivity contribution in [3.05, 3.63) is 29.6 Å². The van der Waals surface area contributed by atoms with Crippen molar-refractivity contribution < 1.29 is 13.2 Å². The number of nitrogens with one attached hydrogen (secondary N) is 2. The summed E-state index contributed by atoms with van der Waals surface area (Å²) in [5.41, 5.74) is 7.99. The Labute approximate surface area is 112 Å². The third-order valence-corrected chi connectivity index (χ3v) is 3.90. The van der Waals surface area contributed by atoms with Crippen LogP contribution in [0.1, 0.15) is 0 Å². The molecule has 0 bridgehead atoms. The Kier molecular flexibility index (Phi) is 3.74. The van der Waals surface area contributed by atoms with Gasteiger partial charge in [0.1, 0.15) is 5.69 Å². The Morgan fingerprint density at radius 1 is 1.26 bits per heavy atom. The molecule has 2 rings (SSSR count). The van der Waals surface area contributed by atoms with Crippen molar-refractivity contribution >= 4 is 27.6 Å². The molecule has 1 aromatic carbocycles. The lowest BCUT2D eigenvalue weighted by atomic mass is 10.2. The van der Waals surface area contributed by atoms with Gasteiger partial charge in [0.15, 0.2) is 0 Å². The molecule has 4 N–H and O–H groups in total. The standard InChI is InChI=1S/C9H9N5O3S2/c10-9(15)12-14-19(16,17)7-3-1-6(2-4-7)8-5-18-13-11-8/h1-5,14H,(H3,10,12,15). The number of amides is 2. The summed E-state index contributed by atoms with van der Waals surface area (Å²) in [5, 5.41) is 5.61. The molecule has 0 saturated carbocycles. The maximum Gasteiger partial charge on any atom is 0.327 e. The molecule has 0 fully saturated rings. The molecule has 8 nitrogen and oxygen atoms in total. The topological polar surface area (TPSA) is 127 Å². The molecular weight excluding hydrogens is 290 g/mol. The van der Waals surface area contributed by atoms with Gasteiger partial charge in [-0.3, -0.25) is 5.43 Å². The molecule has 0 atom stereocenters. The van der Waals surface area contributed by atoms with Crippen molar-refractivity contribution in [1.29, 1.82) is 0 Å². The number of primary amides is 1. The molecule has 0 unspecified atom stereocenters. The smallest absolute Gasteiger partial charge is 0.327 e. The zero-order chi connectivity index (χ0) is 13.9. The molecule has 0 radical (unpaired) electrons. The van der Waals surface area contributed by atoms with Crippen molar-refractivity contribution in [3.63, 3.8) is 0 Å². The van der Waals surface area contributed by atoms with E-state index < -0.39 is 16.1 Å². The summed E-state index contributed by atoms with van der Waals surface area (Å²) < 4.78 is 27.2. The van der Waals surface area contributed by atoms with Gasteiger partial charge < -0.3 is 5.73 Å². The van der Waals surface area contributed by atoms with Crippen molar-refractivity contribution in [2.24, 2.45) is 5.73 Å². The van der Waals surface area contributed by atoms with Gasteiger partial charge >= 0.3 is 6.03 Å². The number of rotatable bonds is 4. The van der Waals surface area contributed by atoms with Gasteiger partial charge in [-0.05, 0) is 23.7 Å². The van der Waals surface area contributed by atoms with Gasteiger partial charge in [0.25, 0.3) is 10.0 Å². The van der Waals surface area contributed by atoms with E-state index in [9.17, 15) is 13.2 Å². The van der Waals surface area contributed by atoms with Gasteiger partial charge in [-0.2, -0.15) is 0 Å². The minimum atomic E-state index is -3.84. The van der Waals surface area contributed by atoms with E-state index in [2.05, 4.69) is 9.59 Å². The number of aromatic nitrogens is 2. The zero-order valence-corrected chi connectivity index (χ0v) is 11.0. The van der Waals surface area contributed by atoms with Crippen molar-refractivity contribution in [2.45, 2.75) is 4.90 Å². The molecule has 0 spiro atoms. The number of nitrogens with zero attached hydrogens (tertiary/aromatic N) is 2. The average molecular weight is 299 g/mol. The zero-order valence-electron chi connectivity index (χ0n) is 9.40. The van der Waals surface area contributed by atoms with E-state index in [1.54, 1.807) is 22.9 Å². The first-order valence-electron chi connectivity index (χ1n) is 4.94. The summed E-state index contributed by atoms with van der Waals surface area (Å²) in [7, 11) is -3.84. The highest BCUT2D eigenvalue weighted by Crippen LogP contribution is 2.19. The van der Waals surface area contributed by atoms with Crippen LogP contribution in [0.25, 0.3) is 11.3 Å². The normalized spacial score (nSPS) is 11.2. The van der Waals surface area contributed by atoms with Gasteiger partial charge in [0.2, 0.25) is 0 Å². The van der Waals surface area contributed by atoms with E-state index in [1.165, 1.54) is 23.7 Å². The number of hydrogen-bond acceptors (Lipinski definition) is 6. The number of urea groups is 1. The molecule has 1 aromatic heterocycles. The van der Waals surface area contributed by atoms with Crippen molar-refractivity contribution in [1.82, 2.24) is 19.8 Å². The average Bonchev–Trinajstić information content (AvgIpc) is 2.91. The molecule has 2 aromatic rings. The Hall–Kier alpha value is -2.04. The fourth-order valence-electron chi connectivity index (χ4n) is 1.27. The number of benzene rings is 1. The third-order valence-electron chi connectivity index (χ3n) is 2.13. The second-order valence-electron chi connectivity index (χ2n) is 3.41. The molecule has 0 saturated heterocycles.